The summed E-state index contributed by atoms with van der Waals surface area (Å²) in [5.41, 5.74) is 0.989. The molecule has 0 radical (unpaired) electrons. The number of aromatic nitrogens is 1. The van der Waals surface area contributed by atoms with Gasteiger partial charge in [-0.1, -0.05) is 54.9 Å². The fourth-order valence-electron chi connectivity index (χ4n) is 3.13. The van der Waals surface area contributed by atoms with Crippen LogP contribution >= 0.6 is 27.3 Å². The molecule has 2 aromatic heterocycles. The van der Waals surface area contributed by atoms with Crippen molar-refractivity contribution in [1.82, 2.24) is 10.3 Å². The number of hydrogen-bond donors (Lipinski definition) is 2. The summed E-state index contributed by atoms with van der Waals surface area (Å²) in [6, 6.07) is 12.0. The topological polar surface area (TPSA) is 96.4 Å². The Morgan fingerprint density at radius 3 is 2.48 bits per heavy atom. The van der Waals surface area contributed by atoms with E-state index < -0.39 is 15.9 Å². The first-order chi connectivity index (χ1) is 14.5. The first kappa shape index (κ1) is 23.4. The van der Waals surface area contributed by atoms with Crippen molar-refractivity contribution in [2.24, 2.45) is 5.41 Å². The van der Waals surface area contributed by atoms with Crippen molar-refractivity contribution in [3.05, 3.63) is 64.2 Å². The number of halogens is 1. The molecular formula is C22H23BrN2O4S2. The van der Waals surface area contributed by atoms with Gasteiger partial charge in [0.15, 0.2) is 0 Å². The van der Waals surface area contributed by atoms with Gasteiger partial charge in [-0.3, -0.25) is 4.98 Å². The molecule has 0 bridgehead atoms. The predicted octanol–water partition coefficient (Wildman–Crippen LogP) is 5.63. The fourth-order valence-corrected chi connectivity index (χ4v) is 6.75. The molecule has 31 heavy (non-hydrogen) atoms. The number of carbonyl (C=O) groups is 1. The van der Waals surface area contributed by atoms with E-state index in [1.165, 1.54) is 29.8 Å². The molecule has 6 nitrogen and oxygen atoms in total. The lowest BCUT2D eigenvalue weighted by Crippen LogP contribution is -2.44. The van der Waals surface area contributed by atoms with Gasteiger partial charge in [-0.05, 0) is 35.2 Å². The SMILES string of the molecule is CC(C)(C)C(Cc1cc(-c2ccccc2Br)c(S(=O)(=O)c2cccnc2)s1)NC(=O)O. The van der Waals surface area contributed by atoms with Crippen molar-refractivity contribution in [3.8, 4) is 11.1 Å². The third kappa shape index (κ3) is 5.34. The number of hydrogen-bond acceptors (Lipinski definition) is 5. The minimum Gasteiger partial charge on any atom is -0.465 e. The van der Waals surface area contributed by atoms with Crippen LogP contribution in [0.3, 0.4) is 0 Å². The molecule has 0 aliphatic rings. The molecule has 2 heterocycles. The van der Waals surface area contributed by atoms with E-state index in [0.717, 1.165) is 14.9 Å². The summed E-state index contributed by atoms with van der Waals surface area (Å²) in [6.45, 7) is 5.84. The van der Waals surface area contributed by atoms with Crippen LogP contribution in [-0.2, 0) is 16.3 Å². The molecule has 1 aromatic carbocycles. The molecule has 0 aliphatic heterocycles. The molecule has 3 rings (SSSR count). The highest BCUT2D eigenvalue weighted by Gasteiger charge is 2.30. The molecule has 164 valence electrons. The predicted molar refractivity (Wildman–Crippen MR) is 125 cm³/mol. The Morgan fingerprint density at radius 2 is 1.90 bits per heavy atom. The quantitative estimate of drug-likeness (QED) is 0.437. The van der Waals surface area contributed by atoms with Crippen LogP contribution in [0.25, 0.3) is 11.1 Å². The molecular weight excluding hydrogens is 500 g/mol. The van der Waals surface area contributed by atoms with E-state index in [0.29, 0.717) is 12.0 Å². The van der Waals surface area contributed by atoms with Gasteiger partial charge in [0.2, 0.25) is 9.84 Å². The van der Waals surface area contributed by atoms with Gasteiger partial charge in [0, 0.05) is 39.8 Å². The van der Waals surface area contributed by atoms with Gasteiger partial charge in [-0.25, -0.2) is 13.2 Å². The van der Waals surface area contributed by atoms with Crippen molar-refractivity contribution >= 4 is 43.2 Å². The van der Waals surface area contributed by atoms with Crippen molar-refractivity contribution in [2.45, 2.75) is 42.3 Å². The standard InChI is InChI=1S/C22H23BrN2O4S2/c1-22(2,3)19(25-21(26)27)12-14-11-17(16-8-4-5-9-18(16)23)20(30-14)31(28,29)15-7-6-10-24-13-15/h4-11,13,19,25H,12H2,1-3H3,(H,26,27). The highest BCUT2D eigenvalue weighted by Crippen LogP contribution is 2.41. The van der Waals surface area contributed by atoms with E-state index in [1.807, 2.05) is 51.1 Å². The second-order valence-corrected chi connectivity index (χ2v) is 12.3. The lowest BCUT2D eigenvalue weighted by molar-refractivity contribution is 0.174. The van der Waals surface area contributed by atoms with E-state index in [4.69, 9.17) is 0 Å². The van der Waals surface area contributed by atoms with Crippen LogP contribution in [0, 0.1) is 5.41 Å². The summed E-state index contributed by atoms with van der Waals surface area (Å²) in [7, 11) is -3.81. The van der Waals surface area contributed by atoms with Gasteiger partial charge in [0.05, 0.1) is 4.90 Å². The lowest BCUT2D eigenvalue weighted by atomic mass is 9.84. The zero-order chi connectivity index (χ0) is 22.8. The fraction of sp³-hybridized carbons (Fsp3) is 0.273. The van der Waals surface area contributed by atoms with Crippen LogP contribution < -0.4 is 5.32 Å². The number of sulfone groups is 1. The summed E-state index contributed by atoms with van der Waals surface area (Å²) < 4.78 is 27.9. The number of nitrogens with one attached hydrogen (secondary N) is 1. The minimum atomic E-state index is -3.81. The number of amides is 1. The molecule has 0 saturated heterocycles. The third-order valence-corrected chi connectivity index (χ3v) is 8.97. The summed E-state index contributed by atoms with van der Waals surface area (Å²) >= 11 is 4.69. The Morgan fingerprint density at radius 1 is 1.19 bits per heavy atom. The van der Waals surface area contributed by atoms with E-state index in [1.54, 1.807) is 6.07 Å². The van der Waals surface area contributed by atoms with Gasteiger partial charge < -0.3 is 10.4 Å². The number of nitrogens with zero attached hydrogens (tertiary/aromatic N) is 1. The van der Waals surface area contributed by atoms with Crippen LogP contribution in [0.2, 0.25) is 0 Å². The average molecular weight is 523 g/mol. The third-order valence-electron chi connectivity index (χ3n) is 4.85. The number of thiophene rings is 1. The van der Waals surface area contributed by atoms with Crippen LogP contribution in [0.1, 0.15) is 25.6 Å². The number of pyridine rings is 1. The largest absolute Gasteiger partial charge is 0.465 e. The molecule has 0 spiro atoms. The smallest absolute Gasteiger partial charge is 0.404 e. The summed E-state index contributed by atoms with van der Waals surface area (Å²) in [5.74, 6) is 0. The number of benzene rings is 1. The first-order valence-corrected chi connectivity index (χ1v) is 12.6. The van der Waals surface area contributed by atoms with Gasteiger partial charge in [0.1, 0.15) is 4.21 Å². The molecule has 1 atom stereocenters. The second kappa shape index (κ2) is 9.10. The van der Waals surface area contributed by atoms with E-state index in [2.05, 4.69) is 26.2 Å². The molecule has 0 saturated carbocycles. The highest BCUT2D eigenvalue weighted by atomic mass is 79.9. The van der Waals surface area contributed by atoms with E-state index in [-0.39, 0.29) is 20.6 Å². The zero-order valence-electron chi connectivity index (χ0n) is 17.3. The Hall–Kier alpha value is -2.23. The molecule has 3 aromatic rings. The number of carboxylic acid groups (broad SMARTS) is 1. The van der Waals surface area contributed by atoms with Gasteiger partial charge in [0.25, 0.3) is 0 Å². The Balaban J connectivity index is 2.15. The maximum atomic E-state index is 13.5. The van der Waals surface area contributed by atoms with Crippen molar-refractivity contribution in [3.63, 3.8) is 0 Å². The maximum absolute atomic E-state index is 13.5. The molecule has 0 fully saturated rings. The monoisotopic (exact) mass is 522 g/mol. The van der Waals surface area contributed by atoms with Gasteiger partial charge >= 0.3 is 6.09 Å². The minimum absolute atomic E-state index is 0.118. The van der Waals surface area contributed by atoms with Crippen LogP contribution in [0.5, 0.6) is 0 Å². The highest BCUT2D eigenvalue weighted by molar-refractivity contribution is 9.10. The van der Waals surface area contributed by atoms with Crippen LogP contribution in [0.4, 0.5) is 4.79 Å². The Kier molecular flexibility index (Phi) is 6.88. The maximum Gasteiger partial charge on any atom is 0.404 e. The Labute approximate surface area is 194 Å². The van der Waals surface area contributed by atoms with Crippen molar-refractivity contribution < 1.29 is 18.3 Å². The van der Waals surface area contributed by atoms with Gasteiger partial charge in [-0.15, -0.1) is 11.3 Å². The summed E-state index contributed by atoms with van der Waals surface area (Å²) in [6.07, 6.45) is 2.13. The molecule has 2 N–H and O–H groups in total. The van der Waals surface area contributed by atoms with Crippen molar-refractivity contribution in [1.29, 1.82) is 0 Å². The Bertz CT molecular complexity index is 1190. The lowest BCUT2D eigenvalue weighted by Gasteiger charge is -2.30. The summed E-state index contributed by atoms with van der Waals surface area (Å²) in [4.78, 5) is 16.2. The molecule has 0 aliphatic carbocycles. The van der Waals surface area contributed by atoms with Crippen LogP contribution in [-0.4, -0.2) is 30.6 Å². The zero-order valence-corrected chi connectivity index (χ0v) is 20.5. The van der Waals surface area contributed by atoms with Crippen LogP contribution in [0.15, 0.2) is 68.4 Å². The second-order valence-electron chi connectivity index (χ2n) is 8.16. The van der Waals surface area contributed by atoms with E-state index >= 15 is 0 Å². The molecule has 9 heteroatoms. The van der Waals surface area contributed by atoms with Gasteiger partial charge in [-0.2, -0.15) is 0 Å². The van der Waals surface area contributed by atoms with E-state index in [9.17, 15) is 18.3 Å². The first-order valence-electron chi connectivity index (χ1n) is 9.52. The molecule has 1 unspecified atom stereocenters. The summed E-state index contributed by atoms with van der Waals surface area (Å²) in [5, 5.41) is 11.8. The van der Waals surface area contributed by atoms with Crippen molar-refractivity contribution in [2.75, 3.05) is 0 Å². The molecule has 1 amide bonds. The number of rotatable bonds is 6. The normalized spacial score (nSPS) is 13.0. The average Bonchev–Trinajstić information content (AvgIpc) is 3.12.